The Morgan fingerprint density at radius 1 is 1.05 bits per heavy atom. The van der Waals surface area contributed by atoms with Crippen LogP contribution in [-0.2, 0) is 0 Å². The van der Waals surface area contributed by atoms with Crippen molar-refractivity contribution in [3.8, 4) is 5.69 Å². The monoisotopic (exact) mass is 269 g/mol. The third-order valence-electron chi connectivity index (χ3n) is 4.07. The molecule has 3 heteroatoms. The number of rotatable bonds is 3. The van der Waals surface area contributed by atoms with Gasteiger partial charge in [0.05, 0.1) is 0 Å². The summed E-state index contributed by atoms with van der Waals surface area (Å²) in [4.78, 5) is 2.43. The van der Waals surface area contributed by atoms with Crippen LogP contribution in [0, 0.1) is 0 Å². The molecule has 2 aromatic rings. The fourth-order valence-corrected chi connectivity index (χ4v) is 2.88. The zero-order valence-corrected chi connectivity index (χ0v) is 12.1. The molecule has 0 bridgehead atoms. The van der Waals surface area contributed by atoms with E-state index in [1.165, 1.54) is 43.7 Å². The molecule has 1 unspecified atom stereocenters. The van der Waals surface area contributed by atoms with E-state index in [9.17, 15) is 0 Å². The number of likely N-dealkylation sites (tertiary alicyclic amines) is 1. The van der Waals surface area contributed by atoms with Gasteiger partial charge in [-0.05, 0) is 69.7 Å². The highest BCUT2D eigenvalue weighted by molar-refractivity contribution is 5.51. The third-order valence-corrected chi connectivity index (χ3v) is 4.07. The van der Waals surface area contributed by atoms with Gasteiger partial charge in [-0.2, -0.15) is 0 Å². The average Bonchev–Trinajstić information content (AvgIpc) is 2.92. The highest BCUT2D eigenvalue weighted by Crippen LogP contribution is 2.19. The van der Waals surface area contributed by atoms with E-state index in [2.05, 4.69) is 70.6 Å². The predicted molar refractivity (Wildman–Crippen MR) is 84.5 cm³/mol. The summed E-state index contributed by atoms with van der Waals surface area (Å²) in [6.07, 6.45) is 7.94. The van der Waals surface area contributed by atoms with E-state index in [0.717, 1.165) is 0 Å². The van der Waals surface area contributed by atoms with Crippen LogP contribution < -0.4 is 5.32 Å². The lowest BCUT2D eigenvalue weighted by atomic mass is 10.1. The molecule has 1 aromatic heterocycles. The lowest BCUT2D eigenvalue weighted by Crippen LogP contribution is -2.23. The first-order valence-corrected chi connectivity index (χ1v) is 7.50. The molecule has 0 saturated carbocycles. The summed E-state index contributed by atoms with van der Waals surface area (Å²) in [6.45, 7) is 2.41. The summed E-state index contributed by atoms with van der Waals surface area (Å²) in [5.41, 5.74) is 2.44. The van der Waals surface area contributed by atoms with Gasteiger partial charge in [-0.3, -0.25) is 0 Å². The van der Waals surface area contributed by atoms with Gasteiger partial charge in [-0.1, -0.05) is 6.07 Å². The van der Waals surface area contributed by atoms with Crippen LogP contribution in [0.4, 0.5) is 5.69 Å². The molecule has 0 amide bonds. The maximum absolute atomic E-state index is 3.70. The summed E-state index contributed by atoms with van der Waals surface area (Å²) < 4.78 is 2.14. The van der Waals surface area contributed by atoms with Gasteiger partial charge < -0.3 is 14.8 Å². The zero-order valence-electron chi connectivity index (χ0n) is 12.1. The van der Waals surface area contributed by atoms with Crippen LogP contribution >= 0.6 is 0 Å². The average molecular weight is 269 g/mol. The van der Waals surface area contributed by atoms with Gasteiger partial charge in [0.15, 0.2) is 0 Å². The lowest BCUT2D eigenvalue weighted by molar-refractivity contribution is 0.348. The standard InChI is InChI=1S/C17H23N3/c1-19-10-5-7-15(9-13-19)18-16-6-4-8-17(14-16)20-11-2-3-12-20/h2-4,6,8,11-12,14-15,18H,5,7,9-10,13H2,1H3. The summed E-state index contributed by atoms with van der Waals surface area (Å²) >= 11 is 0. The van der Waals surface area contributed by atoms with E-state index >= 15 is 0 Å². The molecule has 0 spiro atoms. The molecule has 0 radical (unpaired) electrons. The Bertz CT molecular complexity index is 533. The normalized spacial score (nSPS) is 20.6. The topological polar surface area (TPSA) is 20.2 Å². The largest absolute Gasteiger partial charge is 0.382 e. The van der Waals surface area contributed by atoms with Crippen LogP contribution in [0.25, 0.3) is 5.69 Å². The maximum atomic E-state index is 3.70. The fourth-order valence-electron chi connectivity index (χ4n) is 2.88. The van der Waals surface area contributed by atoms with Crippen molar-refractivity contribution in [1.29, 1.82) is 0 Å². The lowest BCUT2D eigenvalue weighted by Gasteiger charge is -2.18. The summed E-state index contributed by atoms with van der Waals surface area (Å²) in [6, 6.07) is 13.4. The first-order valence-electron chi connectivity index (χ1n) is 7.50. The number of nitrogens with one attached hydrogen (secondary N) is 1. The molecule has 1 saturated heterocycles. The first kappa shape index (κ1) is 13.3. The SMILES string of the molecule is CN1CCCC(Nc2cccc(-n3cccc3)c2)CC1. The Hall–Kier alpha value is -1.74. The van der Waals surface area contributed by atoms with Crippen molar-refractivity contribution in [2.75, 3.05) is 25.5 Å². The van der Waals surface area contributed by atoms with Gasteiger partial charge in [-0.15, -0.1) is 0 Å². The minimum Gasteiger partial charge on any atom is -0.382 e. The molecule has 1 aromatic carbocycles. The van der Waals surface area contributed by atoms with Gasteiger partial charge in [0.2, 0.25) is 0 Å². The van der Waals surface area contributed by atoms with Crippen molar-refractivity contribution in [3.63, 3.8) is 0 Å². The molecule has 3 rings (SSSR count). The van der Waals surface area contributed by atoms with E-state index < -0.39 is 0 Å². The van der Waals surface area contributed by atoms with Crippen LogP contribution in [0.15, 0.2) is 48.8 Å². The van der Waals surface area contributed by atoms with Crippen molar-refractivity contribution < 1.29 is 0 Å². The quantitative estimate of drug-likeness (QED) is 0.922. The molecule has 1 fully saturated rings. The molecule has 0 aliphatic carbocycles. The fraction of sp³-hybridized carbons (Fsp3) is 0.412. The molecule has 1 atom stereocenters. The Balaban J connectivity index is 1.70. The Morgan fingerprint density at radius 3 is 2.75 bits per heavy atom. The van der Waals surface area contributed by atoms with E-state index in [1.54, 1.807) is 0 Å². The Morgan fingerprint density at radius 2 is 1.90 bits per heavy atom. The van der Waals surface area contributed by atoms with Crippen LogP contribution in [0.1, 0.15) is 19.3 Å². The molecular weight excluding hydrogens is 246 g/mol. The summed E-state index contributed by atoms with van der Waals surface area (Å²) in [7, 11) is 2.22. The molecular formula is C17H23N3. The second-order valence-corrected chi connectivity index (χ2v) is 5.72. The molecule has 1 aliphatic rings. The second-order valence-electron chi connectivity index (χ2n) is 5.72. The predicted octanol–water partition coefficient (Wildman–Crippen LogP) is 3.37. The second kappa shape index (κ2) is 6.14. The highest BCUT2D eigenvalue weighted by atomic mass is 15.1. The van der Waals surface area contributed by atoms with Crippen LogP contribution in [0.2, 0.25) is 0 Å². The summed E-state index contributed by atoms with van der Waals surface area (Å²) in [5, 5.41) is 3.70. The highest BCUT2D eigenvalue weighted by Gasteiger charge is 2.14. The Kier molecular flexibility index (Phi) is 4.07. The van der Waals surface area contributed by atoms with Crippen LogP contribution in [0.5, 0.6) is 0 Å². The van der Waals surface area contributed by atoms with Crippen molar-refractivity contribution in [3.05, 3.63) is 48.8 Å². The van der Waals surface area contributed by atoms with E-state index in [1.807, 2.05) is 0 Å². The first-order chi connectivity index (χ1) is 9.81. The third kappa shape index (κ3) is 3.23. The maximum Gasteiger partial charge on any atom is 0.0469 e. The van der Waals surface area contributed by atoms with Gasteiger partial charge in [-0.25, -0.2) is 0 Å². The summed E-state index contributed by atoms with van der Waals surface area (Å²) in [5.74, 6) is 0. The number of anilines is 1. The van der Waals surface area contributed by atoms with Crippen molar-refractivity contribution >= 4 is 5.69 Å². The zero-order chi connectivity index (χ0) is 13.8. The van der Waals surface area contributed by atoms with Crippen LogP contribution in [0.3, 0.4) is 0 Å². The minimum atomic E-state index is 0.597. The van der Waals surface area contributed by atoms with E-state index in [-0.39, 0.29) is 0 Å². The molecule has 3 nitrogen and oxygen atoms in total. The Labute approximate surface area is 121 Å². The molecule has 1 N–H and O–H groups in total. The minimum absolute atomic E-state index is 0.597. The molecule has 20 heavy (non-hydrogen) atoms. The molecule has 106 valence electrons. The van der Waals surface area contributed by atoms with Crippen molar-refractivity contribution in [1.82, 2.24) is 9.47 Å². The molecule has 2 heterocycles. The van der Waals surface area contributed by atoms with Gasteiger partial charge >= 0.3 is 0 Å². The number of hydrogen-bond acceptors (Lipinski definition) is 2. The van der Waals surface area contributed by atoms with Crippen molar-refractivity contribution in [2.24, 2.45) is 0 Å². The van der Waals surface area contributed by atoms with Gasteiger partial charge in [0.1, 0.15) is 0 Å². The van der Waals surface area contributed by atoms with E-state index in [0.29, 0.717) is 6.04 Å². The van der Waals surface area contributed by atoms with E-state index in [4.69, 9.17) is 0 Å². The van der Waals surface area contributed by atoms with Crippen LogP contribution in [-0.4, -0.2) is 35.6 Å². The van der Waals surface area contributed by atoms with Crippen molar-refractivity contribution in [2.45, 2.75) is 25.3 Å². The molecule has 1 aliphatic heterocycles. The van der Waals surface area contributed by atoms with Gasteiger partial charge in [0, 0.05) is 29.8 Å². The number of aromatic nitrogens is 1. The number of hydrogen-bond donors (Lipinski definition) is 1. The number of benzene rings is 1. The number of nitrogens with zero attached hydrogens (tertiary/aromatic N) is 2. The smallest absolute Gasteiger partial charge is 0.0469 e. The van der Waals surface area contributed by atoms with Gasteiger partial charge in [0.25, 0.3) is 0 Å².